The van der Waals surface area contributed by atoms with Crippen LogP contribution in [0.5, 0.6) is 0 Å². The van der Waals surface area contributed by atoms with Gasteiger partial charge in [0.1, 0.15) is 22.4 Å². The Morgan fingerprint density at radius 2 is 1.82 bits per heavy atom. The molecule has 1 aliphatic heterocycles. The van der Waals surface area contributed by atoms with E-state index in [9.17, 15) is 17.2 Å². The minimum absolute atomic E-state index is 0.255. The number of fused-ring (bicyclic) bond motifs is 1. The molecular weight excluding hydrogens is 386 g/mol. The van der Waals surface area contributed by atoms with Crippen molar-refractivity contribution in [1.82, 2.24) is 14.8 Å². The number of halogens is 2. The summed E-state index contributed by atoms with van der Waals surface area (Å²) in [6.07, 6.45) is 3.95. The topological polar surface area (TPSA) is 76.9 Å². The van der Waals surface area contributed by atoms with Crippen molar-refractivity contribution in [3.05, 3.63) is 59.9 Å². The average molecular weight is 404 g/mol. The molecule has 28 heavy (non-hydrogen) atoms. The van der Waals surface area contributed by atoms with Crippen LogP contribution in [0.1, 0.15) is 25.1 Å². The second kappa shape index (κ2) is 7.31. The fourth-order valence-electron chi connectivity index (χ4n) is 3.34. The first kappa shape index (κ1) is 18.5. The first-order valence-electron chi connectivity index (χ1n) is 8.95. The van der Waals surface area contributed by atoms with Gasteiger partial charge in [-0.05, 0) is 37.1 Å². The van der Waals surface area contributed by atoms with E-state index in [0.29, 0.717) is 17.5 Å². The highest BCUT2D eigenvalue weighted by molar-refractivity contribution is 7.92. The molecule has 0 radical (unpaired) electrons. The molecule has 0 saturated carbocycles. The van der Waals surface area contributed by atoms with E-state index >= 15 is 0 Å². The maximum Gasteiger partial charge on any atom is 0.264 e. The van der Waals surface area contributed by atoms with E-state index in [2.05, 4.69) is 14.9 Å². The molecule has 6 nitrogen and oxygen atoms in total. The largest absolute Gasteiger partial charge is 0.311 e. The predicted molar refractivity (Wildman–Crippen MR) is 100 cm³/mol. The minimum Gasteiger partial charge on any atom is -0.311 e. The van der Waals surface area contributed by atoms with Gasteiger partial charge < -0.3 is 4.57 Å². The molecule has 0 spiro atoms. The van der Waals surface area contributed by atoms with Gasteiger partial charge in [-0.2, -0.15) is 0 Å². The van der Waals surface area contributed by atoms with E-state index in [-0.39, 0.29) is 5.69 Å². The minimum atomic E-state index is -4.25. The Morgan fingerprint density at radius 3 is 2.64 bits per heavy atom. The number of nitrogens with one attached hydrogen (secondary N) is 1. The normalized spacial score (nSPS) is 14.4. The van der Waals surface area contributed by atoms with E-state index in [4.69, 9.17) is 0 Å². The van der Waals surface area contributed by atoms with Gasteiger partial charge in [-0.15, -0.1) is 10.2 Å². The molecule has 4 rings (SSSR count). The average Bonchev–Trinajstić information content (AvgIpc) is 2.89. The molecule has 0 unspecified atom stereocenters. The summed E-state index contributed by atoms with van der Waals surface area (Å²) in [4.78, 5) is -0.622. The number of sulfonamides is 1. The summed E-state index contributed by atoms with van der Waals surface area (Å²) in [6, 6.07) is 9.10. The van der Waals surface area contributed by atoms with Crippen LogP contribution in [0.25, 0.3) is 11.4 Å². The van der Waals surface area contributed by atoms with Crippen molar-refractivity contribution in [3.63, 3.8) is 0 Å². The number of rotatable bonds is 4. The molecule has 146 valence electrons. The molecule has 1 aliphatic rings. The Balaban J connectivity index is 1.74. The summed E-state index contributed by atoms with van der Waals surface area (Å²) in [5.74, 6) is -0.561. The van der Waals surface area contributed by atoms with Crippen LogP contribution in [0.4, 0.5) is 14.5 Å². The number of hydrogen-bond acceptors (Lipinski definition) is 4. The Kier molecular flexibility index (Phi) is 4.84. The maximum absolute atomic E-state index is 14.0. The molecule has 3 aromatic rings. The smallest absolute Gasteiger partial charge is 0.264 e. The number of aromatic nitrogens is 3. The molecule has 2 heterocycles. The second-order valence-electron chi connectivity index (χ2n) is 6.63. The van der Waals surface area contributed by atoms with E-state index in [1.54, 1.807) is 24.3 Å². The SMILES string of the molecule is O=S(=O)(Nc1ccccc1-c1nnc2n1CCCCC2)c1ccc(F)cc1F. The summed E-state index contributed by atoms with van der Waals surface area (Å²) in [5.41, 5.74) is 0.805. The third kappa shape index (κ3) is 3.49. The summed E-state index contributed by atoms with van der Waals surface area (Å²) in [6.45, 7) is 0.755. The standard InChI is InChI=1S/C19H18F2N4O2S/c20-13-9-10-17(15(21)12-13)28(26,27)24-16-7-4-3-6-14(16)19-23-22-18-8-2-1-5-11-25(18)19/h3-4,6-7,9-10,12,24H,1-2,5,8,11H2. The summed E-state index contributed by atoms with van der Waals surface area (Å²) >= 11 is 0. The van der Waals surface area contributed by atoms with Crippen LogP contribution >= 0.6 is 0 Å². The van der Waals surface area contributed by atoms with E-state index < -0.39 is 26.6 Å². The van der Waals surface area contributed by atoms with Crippen LogP contribution in [0.2, 0.25) is 0 Å². The molecule has 2 aromatic carbocycles. The van der Waals surface area contributed by atoms with Crippen molar-refractivity contribution in [2.24, 2.45) is 0 Å². The lowest BCUT2D eigenvalue weighted by molar-refractivity contribution is 0.551. The third-order valence-electron chi connectivity index (χ3n) is 4.71. The first-order chi connectivity index (χ1) is 13.5. The molecule has 0 amide bonds. The zero-order valence-electron chi connectivity index (χ0n) is 14.9. The van der Waals surface area contributed by atoms with Crippen molar-refractivity contribution in [2.45, 2.75) is 37.1 Å². The fourth-order valence-corrected chi connectivity index (χ4v) is 4.48. The van der Waals surface area contributed by atoms with Crippen molar-refractivity contribution in [3.8, 4) is 11.4 Å². The van der Waals surface area contributed by atoms with Gasteiger partial charge in [0.25, 0.3) is 10.0 Å². The number of aryl methyl sites for hydroxylation is 1. The highest BCUT2D eigenvalue weighted by Gasteiger charge is 2.23. The highest BCUT2D eigenvalue weighted by atomic mass is 32.2. The van der Waals surface area contributed by atoms with Crippen molar-refractivity contribution in [2.75, 3.05) is 4.72 Å². The van der Waals surface area contributed by atoms with Gasteiger partial charge in [-0.1, -0.05) is 18.6 Å². The number of benzene rings is 2. The monoisotopic (exact) mass is 404 g/mol. The van der Waals surface area contributed by atoms with Crippen LogP contribution in [0, 0.1) is 11.6 Å². The number of nitrogens with zero attached hydrogens (tertiary/aromatic N) is 3. The number of para-hydroxylation sites is 1. The lowest BCUT2D eigenvalue weighted by Gasteiger charge is -2.14. The molecule has 0 aliphatic carbocycles. The predicted octanol–water partition coefficient (Wildman–Crippen LogP) is 3.75. The molecule has 0 bridgehead atoms. The lowest BCUT2D eigenvalue weighted by Crippen LogP contribution is -2.16. The molecule has 0 atom stereocenters. The maximum atomic E-state index is 14.0. The van der Waals surface area contributed by atoms with Crippen LogP contribution in [0.3, 0.4) is 0 Å². The zero-order chi connectivity index (χ0) is 19.7. The summed E-state index contributed by atoms with van der Waals surface area (Å²) < 4.78 is 56.9. The third-order valence-corrected chi connectivity index (χ3v) is 6.10. The number of anilines is 1. The van der Waals surface area contributed by atoms with Gasteiger partial charge in [-0.3, -0.25) is 4.72 Å². The summed E-state index contributed by atoms with van der Waals surface area (Å²) in [5, 5.41) is 8.50. The van der Waals surface area contributed by atoms with Crippen LogP contribution in [-0.2, 0) is 23.0 Å². The molecule has 9 heteroatoms. The lowest BCUT2D eigenvalue weighted by atomic mass is 10.1. The van der Waals surface area contributed by atoms with Gasteiger partial charge >= 0.3 is 0 Å². The Labute approximate surface area is 161 Å². The van der Waals surface area contributed by atoms with Crippen LogP contribution < -0.4 is 4.72 Å². The molecular formula is C19H18F2N4O2S. The van der Waals surface area contributed by atoms with Gasteiger partial charge in [0.05, 0.1) is 5.69 Å². The zero-order valence-corrected chi connectivity index (χ0v) is 15.7. The van der Waals surface area contributed by atoms with E-state index in [0.717, 1.165) is 50.2 Å². The van der Waals surface area contributed by atoms with Gasteiger partial charge in [0.2, 0.25) is 0 Å². The summed E-state index contributed by atoms with van der Waals surface area (Å²) in [7, 11) is -4.25. The first-order valence-corrected chi connectivity index (χ1v) is 10.4. The Hall–Kier alpha value is -2.81. The second-order valence-corrected chi connectivity index (χ2v) is 8.28. The number of hydrogen-bond donors (Lipinski definition) is 1. The van der Waals surface area contributed by atoms with Crippen LogP contribution in [0.15, 0.2) is 47.4 Å². The highest BCUT2D eigenvalue weighted by Crippen LogP contribution is 2.30. The quantitative estimate of drug-likeness (QED) is 0.719. The molecule has 0 fully saturated rings. The Morgan fingerprint density at radius 1 is 1.00 bits per heavy atom. The molecule has 1 N–H and O–H groups in total. The fraction of sp³-hybridized carbons (Fsp3) is 0.263. The van der Waals surface area contributed by atoms with Crippen molar-refractivity contribution >= 4 is 15.7 Å². The van der Waals surface area contributed by atoms with Crippen molar-refractivity contribution in [1.29, 1.82) is 0 Å². The van der Waals surface area contributed by atoms with E-state index in [1.165, 1.54) is 0 Å². The molecule has 1 aromatic heterocycles. The van der Waals surface area contributed by atoms with Gasteiger partial charge in [0, 0.05) is 24.6 Å². The van der Waals surface area contributed by atoms with E-state index in [1.807, 2.05) is 4.57 Å². The van der Waals surface area contributed by atoms with Gasteiger partial charge in [-0.25, -0.2) is 17.2 Å². The van der Waals surface area contributed by atoms with Crippen LogP contribution in [-0.4, -0.2) is 23.2 Å². The molecule has 0 saturated heterocycles. The van der Waals surface area contributed by atoms with Gasteiger partial charge in [0.15, 0.2) is 5.82 Å². The Bertz CT molecular complexity index is 1130. The van der Waals surface area contributed by atoms with Crippen molar-refractivity contribution < 1.29 is 17.2 Å².